The molecule has 3 unspecified atom stereocenters. The van der Waals surface area contributed by atoms with Crippen molar-refractivity contribution in [2.75, 3.05) is 13.1 Å². The Balaban J connectivity index is 1.60. The van der Waals surface area contributed by atoms with Crippen molar-refractivity contribution in [1.82, 2.24) is 4.90 Å². The molecule has 1 N–H and O–H groups in total. The SMILES string of the molecule is CCc1ccc(CN2CC3CCC(O)C3C2)s1. The van der Waals surface area contributed by atoms with Gasteiger partial charge < -0.3 is 5.11 Å². The van der Waals surface area contributed by atoms with Crippen LogP contribution in [0.5, 0.6) is 0 Å². The van der Waals surface area contributed by atoms with Gasteiger partial charge in [0, 0.05) is 35.3 Å². The second-order valence-electron chi connectivity index (χ2n) is 5.48. The zero-order valence-corrected chi connectivity index (χ0v) is 11.2. The molecule has 17 heavy (non-hydrogen) atoms. The van der Waals surface area contributed by atoms with Crippen molar-refractivity contribution in [1.29, 1.82) is 0 Å². The molecule has 1 aliphatic heterocycles. The molecule has 2 nitrogen and oxygen atoms in total. The molecule has 1 aromatic heterocycles. The molecule has 0 radical (unpaired) electrons. The summed E-state index contributed by atoms with van der Waals surface area (Å²) in [6.07, 6.45) is 3.38. The maximum atomic E-state index is 9.90. The van der Waals surface area contributed by atoms with Crippen LogP contribution in [0.2, 0.25) is 0 Å². The van der Waals surface area contributed by atoms with E-state index in [-0.39, 0.29) is 6.10 Å². The minimum Gasteiger partial charge on any atom is -0.393 e. The van der Waals surface area contributed by atoms with Crippen LogP contribution in [-0.2, 0) is 13.0 Å². The Kier molecular flexibility index (Phi) is 3.24. The van der Waals surface area contributed by atoms with Crippen molar-refractivity contribution >= 4 is 11.3 Å². The second-order valence-corrected chi connectivity index (χ2v) is 6.74. The summed E-state index contributed by atoms with van der Waals surface area (Å²) in [4.78, 5) is 5.50. The van der Waals surface area contributed by atoms with Crippen LogP contribution in [0, 0.1) is 11.8 Å². The summed E-state index contributed by atoms with van der Waals surface area (Å²) >= 11 is 1.94. The highest BCUT2D eigenvalue weighted by Gasteiger charge is 2.41. The molecule has 3 heteroatoms. The fraction of sp³-hybridized carbons (Fsp3) is 0.714. The molecule has 2 heterocycles. The lowest BCUT2D eigenvalue weighted by atomic mass is 10.00. The van der Waals surface area contributed by atoms with E-state index in [1.54, 1.807) is 0 Å². The van der Waals surface area contributed by atoms with E-state index in [0.29, 0.717) is 5.92 Å². The molecule has 0 spiro atoms. The molecular weight excluding hydrogens is 230 g/mol. The molecule has 2 fully saturated rings. The minimum absolute atomic E-state index is 0.0282. The number of hydrogen-bond donors (Lipinski definition) is 1. The van der Waals surface area contributed by atoms with Gasteiger partial charge in [0.1, 0.15) is 0 Å². The minimum atomic E-state index is -0.0282. The summed E-state index contributed by atoms with van der Waals surface area (Å²) in [7, 11) is 0. The number of thiophene rings is 1. The number of aliphatic hydroxyl groups excluding tert-OH is 1. The Hall–Kier alpha value is -0.380. The summed E-state index contributed by atoms with van der Waals surface area (Å²) in [5, 5.41) is 9.90. The van der Waals surface area contributed by atoms with Gasteiger partial charge in [-0.25, -0.2) is 0 Å². The first-order valence-electron chi connectivity index (χ1n) is 6.74. The van der Waals surface area contributed by atoms with E-state index in [2.05, 4.69) is 24.0 Å². The maximum absolute atomic E-state index is 9.90. The van der Waals surface area contributed by atoms with Gasteiger partial charge in [0.15, 0.2) is 0 Å². The molecule has 1 saturated carbocycles. The zero-order chi connectivity index (χ0) is 11.8. The molecule has 0 bridgehead atoms. The van der Waals surface area contributed by atoms with Gasteiger partial charge in [0.25, 0.3) is 0 Å². The average molecular weight is 251 g/mol. The van der Waals surface area contributed by atoms with Crippen molar-refractivity contribution in [2.45, 2.75) is 38.8 Å². The van der Waals surface area contributed by atoms with E-state index in [1.807, 2.05) is 11.3 Å². The van der Waals surface area contributed by atoms with Gasteiger partial charge in [0.05, 0.1) is 6.10 Å². The molecule has 2 aliphatic rings. The van der Waals surface area contributed by atoms with Crippen molar-refractivity contribution in [3.63, 3.8) is 0 Å². The Morgan fingerprint density at radius 3 is 2.82 bits per heavy atom. The summed E-state index contributed by atoms with van der Waals surface area (Å²) in [5.74, 6) is 1.32. The van der Waals surface area contributed by atoms with Crippen molar-refractivity contribution < 1.29 is 5.11 Å². The van der Waals surface area contributed by atoms with Gasteiger partial charge in [-0.15, -0.1) is 11.3 Å². The standard InChI is InChI=1S/C14H21NOS/c1-2-11-4-5-12(17-11)8-15-7-10-3-6-14(16)13(10)9-15/h4-5,10,13-14,16H,2-3,6-9H2,1H3. The normalized spacial score (nSPS) is 33.2. The van der Waals surface area contributed by atoms with Crippen LogP contribution in [0.25, 0.3) is 0 Å². The fourth-order valence-corrected chi connectivity index (χ4v) is 4.38. The largest absolute Gasteiger partial charge is 0.393 e. The van der Waals surface area contributed by atoms with Crippen molar-refractivity contribution in [3.05, 3.63) is 21.9 Å². The highest BCUT2D eigenvalue weighted by molar-refractivity contribution is 7.11. The number of hydrogen-bond acceptors (Lipinski definition) is 3. The van der Waals surface area contributed by atoms with Crippen LogP contribution in [0.3, 0.4) is 0 Å². The lowest BCUT2D eigenvalue weighted by Crippen LogP contribution is -2.24. The highest BCUT2D eigenvalue weighted by atomic mass is 32.1. The van der Waals surface area contributed by atoms with Gasteiger partial charge in [-0.1, -0.05) is 6.92 Å². The number of fused-ring (bicyclic) bond motifs is 1. The van der Waals surface area contributed by atoms with E-state index in [9.17, 15) is 5.11 Å². The van der Waals surface area contributed by atoms with Crippen LogP contribution in [-0.4, -0.2) is 29.2 Å². The van der Waals surface area contributed by atoms with E-state index in [4.69, 9.17) is 0 Å². The molecule has 0 aromatic carbocycles. The van der Waals surface area contributed by atoms with E-state index in [0.717, 1.165) is 31.8 Å². The first kappa shape index (κ1) is 11.7. The molecular formula is C14H21NOS. The monoisotopic (exact) mass is 251 g/mol. The molecule has 0 amide bonds. The average Bonchev–Trinajstić information content (AvgIpc) is 2.98. The van der Waals surface area contributed by atoms with E-state index >= 15 is 0 Å². The third-order valence-electron chi connectivity index (χ3n) is 4.34. The van der Waals surface area contributed by atoms with Gasteiger partial charge in [0.2, 0.25) is 0 Å². The summed E-state index contributed by atoms with van der Waals surface area (Å²) in [5.41, 5.74) is 0. The molecule has 3 rings (SSSR count). The van der Waals surface area contributed by atoms with E-state index in [1.165, 1.54) is 22.7 Å². The Morgan fingerprint density at radius 1 is 1.29 bits per heavy atom. The lowest BCUT2D eigenvalue weighted by molar-refractivity contribution is 0.123. The zero-order valence-electron chi connectivity index (χ0n) is 10.4. The van der Waals surface area contributed by atoms with Crippen LogP contribution >= 0.6 is 11.3 Å². The summed E-state index contributed by atoms with van der Waals surface area (Å²) in [6.45, 7) is 5.60. The number of likely N-dealkylation sites (tertiary alicyclic amines) is 1. The maximum Gasteiger partial charge on any atom is 0.0583 e. The second kappa shape index (κ2) is 4.71. The summed E-state index contributed by atoms with van der Waals surface area (Å²) in [6, 6.07) is 4.53. The van der Waals surface area contributed by atoms with Crippen LogP contribution < -0.4 is 0 Å². The molecule has 94 valence electrons. The highest BCUT2D eigenvalue weighted by Crippen LogP contribution is 2.38. The Morgan fingerprint density at radius 2 is 2.12 bits per heavy atom. The van der Waals surface area contributed by atoms with Gasteiger partial charge in [-0.3, -0.25) is 4.90 Å². The first-order chi connectivity index (χ1) is 8.26. The molecule has 3 atom stereocenters. The molecule has 1 aromatic rings. The Labute approximate surface area is 107 Å². The first-order valence-corrected chi connectivity index (χ1v) is 7.56. The number of rotatable bonds is 3. The van der Waals surface area contributed by atoms with E-state index < -0.39 is 0 Å². The number of nitrogens with zero attached hydrogens (tertiary/aromatic N) is 1. The Bertz CT molecular complexity index is 389. The van der Waals surface area contributed by atoms with Gasteiger partial charge >= 0.3 is 0 Å². The van der Waals surface area contributed by atoms with Crippen molar-refractivity contribution in [2.24, 2.45) is 11.8 Å². The lowest BCUT2D eigenvalue weighted by Gasteiger charge is -2.16. The quantitative estimate of drug-likeness (QED) is 0.892. The molecule has 1 saturated heterocycles. The van der Waals surface area contributed by atoms with Gasteiger partial charge in [-0.2, -0.15) is 0 Å². The smallest absolute Gasteiger partial charge is 0.0583 e. The summed E-state index contributed by atoms with van der Waals surface area (Å²) < 4.78 is 0. The van der Waals surface area contributed by atoms with Crippen LogP contribution in [0.1, 0.15) is 29.5 Å². The third kappa shape index (κ3) is 2.28. The predicted octanol–water partition coefficient (Wildman–Crippen LogP) is 2.51. The number of aryl methyl sites for hydroxylation is 1. The fourth-order valence-electron chi connectivity index (χ4n) is 3.38. The molecule has 1 aliphatic carbocycles. The van der Waals surface area contributed by atoms with Crippen LogP contribution in [0.4, 0.5) is 0 Å². The predicted molar refractivity (Wildman–Crippen MR) is 71.2 cm³/mol. The number of aliphatic hydroxyl groups is 1. The topological polar surface area (TPSA) is 23.5 Å². The van der Waals surface area contributed by atoms with Crippen LogP contribution in [0.15, 0.2) is 12.1 Å². The van der Waals surface area contributed by atoms with Gasteiger partial charge in [-0.05, 0) is 37.3 Å². The third-order valence-corrected chi connectivity index (χ3v) is 5.55. The van der Waals surface area contributed by atoms with Crippen molar-refractivity contribution in [3.8, 4) is 0 Å².